The van der Waals surface area contributed by atoms with Crippen LogP contribution in [0.2, 0.25) is 0 Å². The standard InChI is InChI=1S/C19H15IO2/c20-16-9-10-17(21)22-19(16)18-14-7-3-1-5-12(14)11-13-6-2-4-8-15(13)18/h1-8,11,16,19H,9-10H2. The van der Waals surface area contributed by atoms with Crippen molar-refractivity contribution in [2.45, 2.75) is 22.9 Å². The van der Waals surface area contributed by atoms with Gasteiger partial charge in [-0.05, 0) is 34.0 Å². The molecule has 0 bridgehead atoms. The summed E-state index contributed by atoms with van der Waals surface area (Å²) in [6.45, 7) is 0. The second kappa shape index (κ2) is 5.54. The van der Waals surface area contributed by atoms with Crippen molar-refractivity contribution < 1.29 is 9.53 Å². The molecule has 2 unspecified atom stereocenters. The number of rotatable bonds is 1. The molecule has 1 aliphatic heterocycles. The molecule has 3 aromatic rings. The van der Waals surface area contributed by atoms with Crippen LogP contribution in [0.5, 0.6) is 0 Å². The number of fused-ring (bicyclic) bond motifs is 2. The summed E-state index contributed by atoms with van der Waals surface area (Å²) < 4.78 is 6.06. The van der Waals surface area contributed by atoms with Gasteiger partial charge in [-0.15, -0.1) is 0 Å². The number of halogens is 1. The van der Waals surface area contributed by atoms with Crippen molar-refractivity contribution in [1.82, 2.24) is 0 Å². The van der Waals surface area contributed by atoms with Crippen LogP contribution in [0.25, 0.3) is 21.5 Å². The summed E-state index contributed by atoms with van der Waals surface area (Å²) in [4.78, 5) is 11.8. The van der Waals surface area contributed by atoms with E-state index < -0.39 is 0 Å². The Morgan fingerprint density at radius 1 is 0.955 bits per heavy atom. The monoisotopic (exact) mass is 402 g/mol. The van der Waals surface area contributed by atoms with E-state index >= 15 is 0 Å². The fourth-order valence-corrected chi connectivity index (χ4v) is 4.09. The van der Waals surface area contributed by atoms with Gasteiger partial charge >= 0.3 is 5.97 Å². The Balaban J connectivity index is 2.05. The Morgan fingerprint density at radius 3 is 2.18 bits per heavy atom. The fraction of sp³-hybridized carbons (Fsp3) is 0.211. The molecule has 22 heavy (non-hydrogen) atoms. The summed E-state index contributed by atoms with van der Waals surface area (Å²) in [5.41, 5.74) is 1.15. The predicted octanol–water partition coefficient (Wildman–Crippen LogP) is 5.17. The molecule has 2 nitrogen and oxygen atoms in total. The quantitative estimate of drug-likeness (QED) is 0.243. The van der Waals surface area contributed by atoms with Crippen LogP contribution >= 0.6 is 22.6 Å². The van der Waals surface area contributed by atoms with Crippen LogP contribution < -0.4 is 0 Å². The molecule has 0 amide bonds. The van der Waals surface area contributed by atoms with Crippen molar-refractivity contribution in [3.05, 3.63) is 60.2 Å². The Kier molecular flexibility index (Phi) is 3.53. The molecular weight excluding hydrogens is 387 g/mol. The van der Waals surface area contributed by atoms with E-state index in [1.54, 1.807) is 0 Å². The summed E-state index contributed by atoms with van der Waals surface area (Å²) in [6.07, 6.45) is 1.23. The van der Waals surface area contributed by atoms with Crippen LogP contribution in [-0.4, -0.2) is 9.89 Å². The number of hydrogen-bond donors (Lipinski definition) is 0. The molecule has 110 valence electrons. The summed E-state index contributed by atoms with van der Waals surface area (Å²) in [5.74, 6) is -0.0880. The molecule has 0 saturated carbocycles. The predicted molar refractivity (Wildman–Crippen MR) is 97.3 cm³/mol. The lowest BCUT2D eigenvalue weighted by Crippen LogP contribution is -2.26. The number of alkyl halides is 1. The van der Waals surface area contributed by atoms with Gasteiger partial charge in [0.2, 0.25) is 0 Å². The third-order valence-corrected chi connectivity index (χ3v) is 5.58. The van der Waals surface area contributed by atoms with Crippen molar-refractivity contribution in [2.75, 3.05) is 0 Å². The number of carbonyl (C=O) groups is 1. The first-order valence-corrected chi connectivity index (χ1v) is 8.72. The topological polar surface area (TPSA) is 26.3 Å². The maximum absolute atomic E-state index is 11.8. The van der Waals surface area contributed by atoms with Gasteiger partial charge in [0.25, 0.3) is 0 Å². The largest absolute Gasteiger partial charge is 0.456 e. The molecule has 0 spiro atoms. The average Bonchev–Trinajstić information content (AvgIpc) is 2.55. The number of carbonyl (C=O) groups excluding carboxylic acids is 1. The molecule has 0 aliphatic carbocycles. The molecule has 3 heteroatoms. The van der Waals surface area contributed by atoms with Gasteiger partial charge in [0.05, 0.1) is 3.92 Å². The number of ether oxygens (including phenoxy) is 1. The zero-order chi connectivity index (χ0) is 15.1. The molecule has 0 aromatic heterocycles. The van der Waals surface area contributed by atoms with Crippen LogP contribution in [-0.2, 0) is 9.53 Å². The summed E-state index contributed by atoms with van der Waals surface area (Å²) in [7, 11) is 0. The number of esters is 1. The molecule has 1 fully saturated rings. The van der Waals surface area contributed by atoms with Gasteiger partial charge in [0.1, 0.15) is 6.10 Å². The highest BCUT2D eigenvalue weighted by Gasteiger charge is 2.32. The highest BCUT2D eigenvalue weighted by Crippen LogP contribution is 2.41. The number of hydrogen-bond acceptors (Lipinski definition) is 2. The van der Waals surface area contributed by atoms with Gasteiger partial charge in [-0.1, -0.05) is 71.1 Å². The van der Waals surface area contributed by atoms with E-state index in [1.807, 2.05) is 12.1 Å². The van der Waals surface area contributed by atoms with E-state index in [2.05, 4.69) is 65.1 Å². The molecule has 0 N–H and O–H groups in total. The normalized spacial score (nSPS) is 22.0. The van der Waals surface area contributed by atoms with Crippen molar-refractivity contribution >= 4 is 50.1 Å². The number of cyclic esters (lactones) is 1. The molecule has 1 heterocycles. The van der Waals surface area contributed by atoms with E-state index in [-0.39, 0.29) is 12.1 Å². The Labute approximate surface area is 142 Å². The van der Waals surface area contributed by atoms with E-state index in [9.17, 15) is 4.79 Å². The minimum atomic E-state index is -0.169. The minimum absolute atomic E-state index is 0.0880. The third-order valence-electron chi connectivity index (χ3n) is 4.31. The van der Waals surface area contributed by atoms with E-state index in [1.165, 1.54) is 21.5 Å². The fourth-order valence-electron chi connectivity index (χ4n) is 3.28. The first-order chi connectivity index (χ1) is 10.7. The van der Waals surface area contributed by atoms with Gasteiger partial charge < -0.3 is 4.74 Å². The van der Waals surface area contributed by atoms with E-state index in [0.717, 1.165) is 12.0 Å². The Bertz CT molecular complexity index is 818. The molecule has 0 radical (unpaired) electrons. The molecule has 1 saturated heterocycles. The second-order valence-electron chi connectivity index (χ2n) is 5.70. The zero-order valence-electron chi connectivity index (χ0n) is 12.0. The third kappa shape index (κ3) is 2.28. The van der Waals surface area contributed by atoms with Crippen LogP contribution in [0, 0.1) is 0 Å². The highest BCUT2D eigenvalue weighted by molar-refractivity contribution is 14.1. The van der Waals surface area contributed by atoms with E-state index in [0.29, 0.717) is 10.3 Å². The Hall–Kier alpha value is -1.62. The van der Waals surface area contributed by atoms with Crippen molar-refractivity contribution in [3.8, 4) is 0 Å². The summed E-state index contributed by atoms with van der Waals surface area (Å²) in [5, 5.41) is 4.76. The zero-order valence-corrected chi connectivity index (χ0v) is 14.1. The first-order valence-electron chi connectivity index (χ1n) is 7.48. The van der Waals surface area contributed by atoms with Gasteiger partial charge in [-0.25, -0.2) is 0 Å². The SMILES string of the molecule is O=C1CCC(I)C(c2c3ccccc3cc3ccccc23)O1. The molecular formula is C19H15IO2. The van der Waals surface area contributed by atoms with Gasteiger partial charge in [0.15, 0.2) is 0 Å². The Morgan fingerprint density at radius 2 is 1.55 bits per heavy atom. The lowest BCUT2D eigenvalue weighted by molar-refractivity contribution is -0.153. The maximum atomic E-state index is 11.8. The lowest BCUT2D eigenvalue weighted by atomic mass is 9.90. The summed E-state index contributed by atoms with van der Waals surface area (Å²) >= 11 is 2.42. The van der Waals surface area contributed by atoms with Crippen molar-refractivity contribution in [3.63, 3.8) is 0 Å². The molecule has 2 atom stereocenters. The van der Waals surface area contributed by atoms with Crippen molar-refractivity contribution in [1.29, 1.82) is 0 Å². The highest BCUT2D eigenvalue weighted by atomic mass is 127. The second-order valence-corrected chi connectivity index (χ2v) is 7.30. The van der Waals surface area contributed by atoms with Crippen molar-refractivity contribution in [2.24, 2.45) is 0 Å². The lowest BCUT2D eigenvalue weighted by Gasteiger charge is -2.29. The van der Waals surface area contributed by atoms with Gasteiger partial charge in [-0.2, -0.15) is 0 Å². The molecule has 1 aliphatic rings. The smallest absolute Gasteiger partial charge is 0.306 e. The summed E-state index contributed by atoms with van der Waals surface area (Å²) in [6, 6.07) is 18.9. The maximum Gasteiger partial charge on any atom is 0.306 e. The first kappa shape index (κ1) is 14.0. The average molecular weight is 402 g/mol. The molecule has 4 rings (SSSR count). The van der Waals surface area contributed by atoms with Gasteiger partial charge in [0, 0.05) is 12.0 Å². The van der Waals surface area contributed by atoms with Crippen LogP contribution in [0.3, 0.4) is 0 Å². The van der Waals surface area contributed by atoms with Crippen LogP contribution in [0.1, 0.15) is 24.5 Å². The van der Waals surface area contributed by atoms with E-state index in [4.69, 9.17) is 4.74 Å². The van der Waals surface area contributed by atoms with Crippen LogP contribution in [0.15, 0.2) is 54.6 Å². The molecule has 3 aromatic carbocycles. The van der Waals surface area contributed by atoms with Crippen LogP contribution in [0.4, 0.5) is 0 Å². The van der Waals surface area contributed by atoms with Gasteiger partial charge in [-0.3, -0.25) is 4.79 Å². The minimum Gasteiger partial charge on any atom is -0.456 e. The number of benzene rings is 3.